The summed E-state index contributed by atoms with van der Waals surface area (Å²) in [5.41, 5.74) is 13.3. The Labute approximate surface area is 573 Å². The number of hydrogen-bond acceptors (Lipinski definition) is 1. The first-order valence-electron chi connectivity index (χ1n) is 39.5. The minimum Gasteiger partial charge on any atom is -0.456 e. The number of rotatable bonds is 8. The molecule has 0 aliphatic heterocycles. The highest BCUT2D eigenvalue weighted by Gasteiger charge is 2.21. The standard InChI is InChI=1S/C48H30O.C46H30/c1-2-11-31(12-3-1)34-25-26-36-30-37(28-27-35(36)29-34)47-41-15-6-4-13-39(41)46(40-14-5-7-16-42(40)47)33-23-21-32(22-24-33)38-18-10-20-45-48(38)43-17-8-9-19-44(43)49-45;1-3-11-31(12-4-1)33-19-21-37-29-39(25-23-35(37)27-33)45-41-15-7-9-17-43(41)46(44-18-10-8-16-42(44)45)40-26-24-36-28-34(20-22-38(36)30-40)32-13-5-2-6-14-32/h1-30H;1-30H/i4D,5D,6D,7D,13D,14D,15D,16D;7D,8D,9D,10D,15D,16D,17D,18D. The molecule has 0 N–H and O–H groups in total. The first kappa shape index (κ1) is 41.1. The Morgan fingerprint density at radius 1 is 0.189 bits per heavy atom. The molecule has 18 aromatic carbocycles. The van der Waals surface area contributed by atoms with Crippen LogP contribution in [0.4, 0.5) is 0 Å². The van der Waals surface area contributed by atoms with Gasteiger partial charge in [0.25, 0.3) is 0 Å². The van der Waals surface area contributed by atoms with Crippen molar-refractivity contribution in [3.63, 3.8) is 0 Å². The third-order valence-corrected chi connectivity index (χ3v) is 18.3. The number of hydrogen-bond donors (Lipinski definition) is 0. The lowest BCUT2D eigenvalue weighted by atomic mass is 9.85. The van der Waals surface area contributed by atoms with E-state index in [9.17, 15) is 11.0 Å². The van der Waals surface area contributed by atoms with E-state index in [4.69, 9.17) is 15.4 Å². The molecular formula is C94H60O. The number of fused-ring (bicyclic) bond motifs is 10. The monoisotopic (exact) mass is 1220 g/mol. The predicted octanol–water partition coefficient (Wildman–Crippen LogP) is 26.7. The van der Waals surface area contributed by atoms with Gasteiger partial charge in [0.15, 0.2) is 0 Å². The quantitative estimate of drug-likeness (QED) is 0.138. The summed E-state index contributed by atoms with van der Waals surface area (Å²) < 4.78 is 151. The van der Waals surface area contributed by atoms with E-state index in [0.29, 0.717) is 44.5 Å². The molecule has 0 atom stereocenters. The van der Waals surface area contributed by atoms with E-state index in [1.54, 1.807) is 0 Å². The minimum absolute atomic E-state index is 0.184. The van der Waals surface area contributed by atoms with E-state index in [-0.39, 0.29) is 91.4 Å². The van der Waals surface area contributed by atoms with Gasteiger partial charge in [0.1, 0.15) is 11.2 Å². The summed E-state index contributed by atoms with van der Waals surface area (Å²) in [5, 5.41) is 9.00. The van der Waals surface area contributed by atoms with Crippen LogP contribution in [0.2, 0.25) is 0 Å². The average molecular weight is 1220 g/mol. The fourth-order valence-corrected chi connectivity index (χ4v) is 13.9. The minimum atomic E-state index is -0.429. The maximum Gasteiger partial charge on any atom is 0.136 e. The van der Waals surface area contributed by atoms with Crippen LogP contribution in [0.25, 0.3) is 186 Å². The summed E-state index contributed by atoms with van der Waals surface area (Å²) >= 11 is 0. The molecule has 95 heavy (non-hydrogen) atoms. The van der Waals surface area contributed by atoms with Gasteiger partial charge in [0, 0.05) is 10.8 Å². The first-order chi connectivity index (χ1) is 53.7. The zero-order chi connectivity index (χ0) is 76.7. The van der Waals surface area contributed by atoms with Crippen molar-refractivity contribution >= 4 is 97.3 Å². The second kappa shape index (κ2) is 23.4. The van der Waals surface area contributed by atoms with Crippen molar-refractivity contribution in [1.29, 1.82) is 0 Å². The van der Waals surface area contributed by atoms with Crippen LogP contribution in [0, 0.1) is 0 Å². The van der Waals surface area contributed by atoms with Crippen LogP contribution in [0.1, 0.15) is 21.9 Å². The molecule has 19 rings (SSSR count). The molecule has 1 heterocycles. The van der Waals surface area contributed by atoms with Gasteiger partial charge in [-0.25, -0.2) is 0 Å². The molecule has 442 valence electrons. The topological polar surface area (TPSA) is 13.1 Å². The zero-order valence-corrected chi connectivity index (χ0v) is 50.8. The molecule has 0 amide bonds. The Hall–Kier alpha value is -12.4. The third-order valence-electron chi connectivity index (χ3n) is 18.3. The fraction of sp³-hybridized carbons (Fsp3) is 0. The summed E-state index contributed by atoms with van der Waals surface area (Å²) in [6.07, 6.45) is 0. The maximum absolute atomic E-state index is 9.34. The van der Waals surface area contributed by atoms with Crippen molar-refractivity contribution in [2.24, 2.45) is 0 Å². The van der Waals surface area contributed by atoms with Crippen LogP contribution < -0.4 is 0 Å². The van der Waals surface area contributed by atoms with Crippen molar-refractivity contribution in [2.75, 3.05) is 0 Å². The van der Waals surface area contributed by atoms with Crippen LogP contribution >= 0.6 is 0 Å². The molecule has 1 heteroatoms. The van der Waals surface area contributed by atoms with E-state index in [1.165, 1.54) is 0 Å². The third kappa shape index (κ3) is 9.89. The van der Waals surface area contributed by atoms with Gasteiger partial charge in [-0.3, -0.25) is 0 Å². The van der Waals surface area contributed by atoms with Gasteiger partial charge in [-0.1, -0.05) is 315 Å². The van der Waals surface area contributed by atoms with Gasteiger partial charge in [-0.05, 0) is 213 Å². The SMILES string of the molecule is [2H]c1c([2H])c([2H])c2c(-c3ccc4cc(-c5ccccc5)ccc4c3)c3c([2H])c([2H])c([2H])c([2H])c3c(-c3ccc(-c4cccc5oc6ccccc6c45)cc3)c2c1[2H].[2H]c1c([2H])c([2H])c2c(-c3ccc4cc(-c5ccccc5)ccc4c3)c3c([2H])c([2H])c([2H])c([2H])c3c(-c3ccc4cc(-c5ccccc5)ccc4c3)c2c1[2H]. The molecule has 0 spiro atoms. The Bertz CT molecular complexity index is 6820. The van der Waals surface area contributed by atoms with Gasteiger partial charge >= 0.3 is 0 Å². The average Bonchev–Trinajstić information content (AvgIpc) is 0.977. The van der Waals surface area contributed by atoms with Gasteiger partial charge in [-0.2, -0.15) is 0 Å². The first-order valence-corrected chi connectivity index (χ1v) is 31.5. The second-order valence-corrected chi connectivity index (χ2v) is 23.8. The maximum atomic E-state index is 9.34. The van der Waals surface area contributed by atoms with Crippen LogP contribution in [0.3, 0.4) is 0 Å². The molecule has 0 saturated heterocycles. The number of para-hydroxylation sites is 1. The lowest BCUT2D eigenvalue weighted by molar-refractivity contribution is 0.669. The Morgan fingerprint density at radius 2 is 0.463 bits per heavy atom. The Kier molecular flexibility index (Phi) is 10.1. The molecular weight excluding hydrogens is 1150 g/mol. The van der Waals surface area contributed by atoms with Crippen molar-refractivity contribution in [3.8, 4) is 89.0 Å². The van der Waals surface area contributed by atoms with E-state index >= 15 is 0 Å². The summed E-state index contributed by atoms with van der Waals surface area (Å²) in [6, 6.07) is 81.5. The number of furan rings is 1. The van der Waals surface area contributed by atoms with E-state index in [0.717, 1.165) is 98.8 Å². The highest BCUT2D eigenvalue weighted by molar-refractivity contribution is 6.24. The highest BCUT2D eigenvalue weighted by Crippen LogP contribution is 2.48. The van der Waals surface area contributed by atoms with Gasteiger partial charge in [0.05, 0.1) is 21.9 Å². The smallest absolute Gasteiger partial charge is 0.136 e. The van der Waals surface area contributed by atoms with Gasteiger partial charge in [-0.15, -0.1) is 0 Å². The van der Waals surface area contributed by atoms with Gasteiger partial charge < -0.3 is 4.42 Å². The zero-order valence-electron chi connectivity index (χ0n) is 66.8. The Balaban J connectivity index is 0.000000156. The van der Waals surface area contributed by atoms with E-state index in [1.807, 2.05) is 249 Å². The van der Waals surface area contributed by atoms with Crippen LogP contribution in [0.15, 0.2) is 368 Å². The summed E-state index contributed by atoms with van der Waals surface area (Å²) in [6.45, 7) is 0. The molecule has 0 saturated carbocycles. The van der Waals surface area contributed by atoms with E-state index in [2.05, 4.69) is 18.2 Å². The van der Waals surface area contributed by atoms with Crippen molar-refractivity contribution < 1.29 is 26.3 Å². The molecule has 0 fully saturated rings. The molecule has 0 aliphatic carbocycles. The molecule has 1 nitrogen and oxygen atoms in total. The summed E-state index contributed by atoms with van der Waals surface area (Å²) in [4.78, 5) is 0. The molecule has 0 aliphatic rings. The van der Waals surface area contributed by atoms with Crippen molar-refractivity contribution in [2.45, 2.75) is 0 Å². The summed E-state index contributed by atoms with van der Waals surface area (Å²) in [5.74, 6) is 0. The lowest BCUT2D eigenvalue weighted by Gasteiger charge is -2.18. The highest BCUT2D eigenvalue weighted by atomic mass is 16.3. The molecule has 1 aromatic heterocycles. The molecule has 0 unspecified atom stereocenters. The van der Waals surface area contributed by atoms with Crippen molar-refractivity contribution in [1.82, 2.24) is 0 Å². The number of benzene rings is 18. The van der Waals surface area contributed by atoms with Crippen LogP contribution in [-0.2, 0) is 0 Å². The molecule has 19 aromatic rings. The molecule has 0 radical (unpaired) electrons. The summed E-state index contributed by atoms with van der Waals surface area (Å²) in [7, 11) is 0. The normalized spacial score (nSPS) is 13.9. The predicted molar refractivity (Wildman–Crippen MR) is 406 cm³/mol. The van der Waals surface area contributed by atoms with Crippen LogP contribution in [-0.4, -0.2) is 0 Å². The van der Waals surface area contributed by atoms with Crippen molar-refractivity contribution in [3.05, 3.63) is 364 Å². The van der Waals surface area contributed by atoms with Gasteiger partial charge in [0.2, 0.25) is 0 Å². The second-order valence-electron chi connectivity index (χ2n) is 23.8. The van der Waals surface area contributed by atoms with Crippen LogP contribution in [0.5, 0.6) is 0 Å². The fourth-order valence-electron chi connectivity index (χ4n) is 13.9. The van der Waals surface area contributed by atoms with E-state index < -0.39 is 48.3 Å². The Morgan fingerprint density at radius 3 is 0.821 bits per heavy atom. The largest absolute Gasteiger partial charge is 0.456 e. The lowest BCUT2D eigenvalue weighted by Crippen LogP contribution is -1.91. The molecule has 0 bridgehead atoms.